The minimum atomic E-state index is -0.364. The van der Waals surface area contributed by atoms with Gasteiger partial charge in [-0.25, -0.2) is 0 Å². The molecule has 2 rings (SSSR count). The Balaban J connectivity index is 2.17. The second-order valence-electron chi connectivity index (χ2n) is 7.25. The Morgan fingerprint density at radius 3 is 2.46 bits per heavy atom. The van der Waals surface area contributed by atoms with Crippen LogP contribution in [0.3, 0.4) is 0 Å². The van der Waals surface area contributed by atoms with E-state index in [2.05, 4.69) is 44.3 Å². The Labute approximate surface area is 143 Å². The molecule has 0 aliphatic carbocycles. The van der Waals surface area contributed by atoms with Crippen molar-refractivity contribution in [2.24, 2.45) is 0 Å². The fourth-order valence-electron chi connectivity index (χ4n) is 2.71. The number of nitro groups is 1. The molecule has 1 heterocycles. The standard InChI is InChI=1S/C18H26N4O2/c1-12(15-8-7-9-16(10-15)22(23)24)19-13(2)17-11-21(18(4,5)6)20-14(17)3/h7-13,19H,1-6H3/t12-,13-/m1/s1. The van der Waals surface area contributed by atoms with Crippen molar-refractivity contribution in [3.63, 3.8) is 0 Å². The molecule has 1 N–H and O–H groups in total. The van der Waals surface area contributed by atoms with Gasteiger partial charge in [0.05, 0.1) is 16.2 Å². The second kappa shape index (κ2) is 6.73. The van der Waals surface area contributed by atoms with E-state index < -0.39 is 0 Å². The predicted octanol–water partition coefficient (Wildman–Crippen LogP) is 4.27. The van der Waals surface area contributed by atoms with E-state index in [0.29, 0.717) is 0 Å². The van der Waals surface area contributed by atoms with Crippen molar-refractivity contribution < 1.29 is 4.92 Å². The van der Waals surface area contributed by atoms with Crippen molar-refractivity contribution in [1.82, 2.24) is 15.1 Å². The summed E-state index contributed by atoms with van der Waals surface area (Å²) in [6, 6.07) is 6.85. The first-order chi connectivity index (χ1) is 11.1. The summed E-state index contributed by atoms with van der Waals surface area (Å²) in [5.74, 6) is 0. The quantitative estimate of drug-likeness (QED) is 0.656. The summed E-state index contributed by atoms with van der Waals surface area (Å²) in [6.45, 7) is 12.5. The van der Waals surface area contributed by atoms with E-state index >= 15 is 0 Å². The Bertz CT molecular complexity index is 731. The summed E-state index contributed by atoms with van der Waals surface area (Å²) in [7, 11) is 0. The molecular weight excluding hydrogens is 304 g/mol. The van der Waals surface area contributed by atoms with Crippen LogP contribution in [0.2, 0.25) is 0 Å². The Kier molecular flexibility index (Phi) is 5.08. The van der Waals surface area contributed by atoms with Crippen LogP contribution in [0.25, 0.3) is 0 Å². The summed E-state index contributed by atoms with van der Waals surface area (Å²) in [6.07, 6.45) is 2.08. The summed E-state index contributed by atoms with van der Waals surface area (Å²) in [5, 5.41) is 19.1. The number of aryl methyl sites for hydroxylation is 1. The maximum Gasteiger partial charge on any atom is 0.269 e. The van der Waals surface area contributed by atoms with Crippen LogP contribution in [-0.4, -0.2) is 14.7 Å². The van der Waals surface area contributed by atoms with E-state index in [4.69, 9.17) is 0 Å². The number of hydrogen-bond donors (Lipinski definition) is 1. The van der Waals surface area contributed by atoms with Crippen LogP contribution >= 0.6 is 0 Å². The smallest absolute Gasteiger partial charge is 0.269 e. The molecule has 0 fully saturated rings. The molecule has 0 spiro atoms. The van der Waals surface area contributed by atoms with Crippen LogP contribution in [0.5, 0.6) is 0 Å². The third-order valence-corrected chi connectivity index (χ3v) is 4.17. The van der Waals surface area contributed by atoms with Crippen LogP contribution in [0.15, 0.2) is 30.5 Å². The zero-order valence-corrected chi connectivity index (χ0v) is 15.2. The number of nitro benzene ring substituents is 1. The van der Waals surface area contributed by atoms with Gasteiger partial charge < -0.3 is 5.32 Å². The Hall–Kier alpha value is -2.21. The number of rotatable bonds is 5. The minimum Gasteiger partial charge on any atom is -0.304 e. The minimum absolute atomic E-state index is 0.00251. The molecule has 6 nitrogen and oxygen atoms in total. The lowest BCUT2D eigenvalue weighted by Gasteiger charge is -2.21. The largest absolute Gasteiger partial charge is 0.304 e. The SMILES string of the molecule is Cc1nn(C(C)(C)C)cc1[C@@H](C)N[C@H](C)c1cccc([N+](=O)[O-])c1. The fourth-order valence-corrected chi connectivity index (χ4v) is 2.71. The predicted molar refractivity (Wildman–Crippen MR) is 95.0 cm³/mol. The van der Waals surface area contributed by atoms with Gasteiger partial charge in [0.15, 0.2) is 0 Å². The maximum atomic E-state index is 10.9. The molecule has 2 atom stereocenters. The van der Waals surface area contributed by atoms with Crippen LogP contribution in [0.1, 0.15) is 63.5 Å². The van der Waals surface area contributed by atoms with Crippen LogP contribution in [0, 0.1) is 17.0 Å². The van der Waals surface area contributed by atoms with Gasteiger partial charge in [-0.15, -0.1) is 0 Å². The van der Waals surface area contributed by atoms with Crippen LogP contribution < -0.4 is 5.32 Å². The molecule has 0 bridgehead atoms. The Morgan fingerprint density at radius 1 is 1.25 bits per heavy atom. The van der Waals surface area contributed by atoms with Gasteiger partial charge in [-0.2, -0.15) is 5.10 Å². The lowest BCUT2D eigenvalue weighted by molar-refractivity contribution is -0.384. The number of hydrogen-bond acceptors (Lipinski definition) is 4. The molecule has 0 aliphatic rings. The van der Waals surface area contributed by atoms with Crippen LogP contribution in [0.4, 0.5) is 5.69 Å². The highest BCUT2D eigenvalue weighted by atomic mass is 16.6. The van der Waals surface area contributed by atoms with Gasteiger partial charge in [-0.05, 0) is 47.1 Å². The summed E-state index contributed by atoms with van der Waals surface area (Å²) >= 11 is 0. The van der Waals surface area contributed by atoms with Gasteiger partial charge in [0.1, 0.15) is 0 Å². The zero-order chi connectivity index (χ0) is 18.1. The first-order valence-corrected chi connectivity index (χ1v) is 8.16. The van der Waals surface area contributed by atoms with Crippen molar-refractivity contribution in [3.05, 3.63) is 57.4 Å². The molecule has 0 unspecified atom stereocenters. The first kappa shape index (κ1) is 18.1. The molecule has 130 valence electrons. The van der Waals surface area contributed by atoms with Crippen LogP contribution in [-0.2, 0) is 5.54 Å². The number of non-ortho nitro benzene ring substituents is 1. The average molecular weight is 330 g/mol. The summed E-state index contributed by atoms with van der Waals surface area (Å²) in [5.41, 5.74) is 3.09. The molecule has 6 heteroatoms. The van der Waals surface area contributed by atoms with Gasteiger partial charge in [-0.3, -0.25) is 14.8 Å². The molecule has 0 saturated carbocycles. The average Bonchev–Trinajstić information content (AvgIpc) is 2.89. The molecule has 0 radical (unpaired) electrons. The molecule has 1 aromatic carbocycles. The van der Waals surface area contributed by atoms with Crippen molar-refractivity contribution in [2.75, 3.05) is 0 Å². The van der Waals surface area contributed by atoms with Crippen molar-refractivity contribution in [3.8, 4) is 0 Å². The molecule has 24 heavy (non-hydrogen) atoms. The highest BCUT2D eigenvalue weighted by Gasteiger charge is 2.20. The maximum absolute atomic E-state index is 10.9. The monoisotopic (exact) mass is 330 g/mol. The first-order valence-electron chi connectivity index (χ1n) is 8.16. The van der Waals surface area contributed by atoms with E-state index in [1.807, 2.05) is 24.6 Å². The number of nitrogens with one attached hydrogen (secondary N) is 1. The lowest BCUT2D eigenvalue weighted by Crippen LogP contribution is -2.23. The van der Waals surface area contributed by atoms with Crippen molar-refractivity contribution in [1.29, 1.82) is 0 Å². The van der Waals surface area contributed by atoms with E-state index in [0.717, 1.165) is 16.8 Å². The normalized spacial score (nSPS) is 14.4. The van der Waals surface area contributed by atoms with Gasteiger partial charge in [-0.1, -0.05) is 12.1 Å². The Morgan fingerprint density at radius 2 is 1.92 bits per heavy atom. The summed E-state index contributed by atoms with van der Waals surface area (Å²) in [4.78, 5) is 10.6. The molecular formula is C18H26N4O2. The van der Waals surface area contributed by atoms with Gasteiger partial charge in [0.25, 0.3) is 5.69 Å². The highest BCUT2D eigenvalue weighted by Crippen LogP contribution is 2.25. The van der Waals surface area contributed by atoms with Crippen molar-refractivity contribution in [2.45, 2.75) is 59.2 Å². The fraction of sp³-hybridized carbons (Fsp3) is 0.500. The van der Waals surface area contributed by atoms with Gasteiger partial charge in [0, 0.05) is 36.0 Å². The second-order valence-corrected chi connectivity index (χ2v) is 7.25. The highest BCUT2D eigenvalue weighted by molar-refractivity contribution is 5.35. The lowest BCUT2D eigenvalue weighted by atomic mass is 10.0. The number of benzene rings is 1. The van der Waals surface area contributed by atoms with Crippen molar-refractivity contribution >= 4 is 5.69 Å². The topological polar surface area (TPSA) is 73.0 Å². The molecule has 0 aliphatic heterocycles. The third kappa shape index (κ3) is 4.00. The van der Waals surface area contributed by atoms with E-state index in [1.165, 1.54) is 6.07 Å². The number of nitrogens with zero attached hydrogens (tertiary/aromatic N) is 3. The van der Waals surface area contributed by atoms with Gasteiger partial charge >= 0.3 is 0 Å². The van der Waals surface area contributed by atoms with E-state index in [9.17, 15) is 10.1 Å². The molecule has 0 saturated heterocycles. The van der Waals surface area contributed by atoms with Gasteiger partial charge in [0.2, 0.25) is 0 Å². The molecule has 2 aromatic rings. The molecule has 1 aromatic heterocycles. The summed E-state index contributed by atoms with van der Waals surface area (Å²) < 4.78 is 1.98. The zero-order valence-electron chi connectivity index (χ0n) is 15.2. The van der Waals surface area contributed by atoms with E-state index in [-0.39, 0.29) is 28.2 Å². The molecule has 0 amide bonds. The van der Waals surface area contributed by atoms with E-state index in [1.54, 1.807) is 12.1 Å². The number of aromatic nitrogens is 2. The third-order valence-electron chi connectivity index (χ3n) is 4.17.